The average Bonchev–Trinajstić information content (AvgIpc) is 3.26. The lowest BCUT2D eigenvalue weighted by Gasteiger charge is -2.21. The molecule has 0 bridgehead atoms. The zero-order chi connectivity index (χ0) is 23.3. The molecule has 172 valence electrons. The number of carbonyl (C=O) groups is 1. The van der Waals surface area contributed by atoms with E-state index in [4.69, 9.17) is 0 Å². The molecular formula is C31H32N2O. The molecule has 0 aliphatic heterocycles. The van der Waals surface area contributed by atoms with E-state index in [-0.39, 0.29) is 5.91 Å². The Kier molecular flexibility index (Phi) is 6.62. The molecule has 4 aromatic rings. The van der Waals surface area contributed by atoms with E-state index >= 15 is 0 Å². The molecule has 5 rings (SSSR count). The van der Waals surface area contributed by atoms with Crippen LogP contribution in [0.25, 0.3) is 16.9 Å². The van der Waals surface area contributed by atoms with Crippen molar-refractivity contribution >= 4 is 5.91 Å². The summed E-state index contributed by atoms with van der Waals surface area (Å²) in [5.41, 5.74) is 8.46. The van der Waals surface area contributed by atoms with Gasteiger partial charge in [-0.1, -0.05) is 67.6 Å². The van der Waals surface area contributed by atoms with Gasteiger partial charge in [0.2, 0.25) is 0 Å². The number of aromatic nitrogens is 1. The maximum absolute atomic E-state index is 12.7. The third kappa shape index (κ3) is 4.84. The van der Waals surface area contributed by atoms with Crippen LogP contribution in [-0.4, -0.2) is 17.0 Å². The van der Waals surface area contributed by atoms with Gasteiger partial charge in [-0.3, -0.25) is 4.79 Å². The highest BCUT2D eigenvalue weighted by Gasteiger charge is 2.23. The molecule has 0 unspecified atom stereocenters. The molecule has 34 heavy (non-hydrogen) atoms. The molecule has 1 aliphatic rings. The highest BCUT2D eigenvalue weighted by atomic mass is 16.1. The van der Waals surface area contributed by atoms with Gasteiger partial charge >= 0.3 is 0 Å². The summed E-state index contributed by atoms with van der Waals surface area (Å²) >= 11 is 0. The van der Waals surface area contributed by atoms with Crippen molar-refractivity contribution in [1.29, 1.82) is 0 Å². The monoisotopic (exact) mass is 448 g/mol. The van der Waals surface area contributed by atoms with E-state index < -0.39 is 0 Å². The summed E-state index contributed by atoms with van der Waals surface area (Å²) in [4.78, 5) is 12.7. The van der Waals surface area contributed by atoms with Gasteiger partial charge < -0.3 is 9.88 Å². The van der Waals surface area contributed by atoms with Crippen LogP contribution in [0.3, 0.4) is 0 Å². The Labute approximate surface area is 202 Å². The second-order valence-corrected chi connectivity index (χ2v) is 9.44. The third-order valence-electron chi connectivity index (χ3n) is 6.86. The first-order valence-electron chi connectivity index (χ1n) is 12.4. The first-order valence-corrected chi connectivity index (χ1v) is 12.4. The predicted molar refractivity (Wildman–Crippen MR) is 139 cm³/mol. The number of benzene rings is 3. The van der Waals surface area contributed by atoms with Gasteiger partial charge in [0.15, 0.2) is 0 Å². The molecular weight excluding hydrogens is 416 g/mol. The lowest BCUT2D eigenvalue weighted by Crippen LogP contribution is -2.24. The quantitative estimate of drug-likeness (QED) is 0.316. The predicted octanol–water partition coefficient (Wildman–Crippen LogP) is 6.63. The molecule has 0 fully saturated rings. The topological polar surface area (TPSA) is 34.0 Å². The maximum atomic E-state index is 12.7. The Hall–Kier alpha value is -3.59. The van der Waals surface area contributed by atoms with Crippen molar-refractivity contribution in [3.63, 3.8) is 0 Å². The van der Waals surface area contributed by atoms with E-state index in [1.807, 2.05) is 18.2 Å². The summed E-state index contributed by atoms with van der Waals surface area (Å²) in [5, 5.41) is 3.07. The van der Waals surface area contributed by atoms with Gasteiger partial charge in [-0.25, -0.2) is 0 Å². The van der Waals surface area contributed by atoms with Gasteiger partial charge in [0.1, 0.15) is 0 Å². The van der Waals surface area contributed by atoms with Crippen molar-refractivity contribution in [3.05, 3.63) is 113 Å². The lowest BCUT2D eigenvalue weighted by molar-refractivity contribution is 0.0953. The highest BCUT2D eigenvalue weighted by molar-refractivity contribution is 5.94. The number of fused-ring (bicyclic) bond motifs is 1. The van der Waals surface area contributed by atoms with Crippen LogP contribution >= 0.6 is 0 Å². The number of carbonyl (C=O) groups excluding carboxylic acids is 1. The molecule has 0 radical (unpaired) electrons. The summed E-state index contributed by atoms with van der Waals surface area (Å²) in [6.45, 7) is 3.02. The van der Waals surface area contributed by atoms with Gasteiger partial charge in [0.05, 0.1) is 5.69 Å². The van der Waals surface area contributed by atoms with Crippen LogP contribution in [0.1, 0.15) is 46.9 Å². The number of aryl methyl sites for hydroxylation is 1. The third-order valence-corrected chi connectivity index (χ3v) is 6.86. The van der Waals surface area contributed by atoms with Crippen LogP contribution in [0.4, 0.5) is 0 Å². The van der Waals surface area contributed by atoms with Crippen LogP contribution < -0.4 is 5.32 Å². The summed E-state index contributed by atoms with van der Waals surface area (Å²) in [5.74, 6) is 0.714. The van der Waals surface area contributed by atoms with E-state index in [1.165, 1.54) is 34.5 Å². The minimum Gasteiger partial charge on any atom is -0.352 e. The first-order chi connectivity index (χ1) is 16.7. The molecule has 0 saturated carbocycles. The van der Waals surface area contributed by atoms with Crippen LogP contribution in [0, 0.1) is 5.92 Å². The summed E-state index contributed by atoms with van der Waals surface area (Å²) in [6.07, 6.45) is 5.34. The van der Waals surface area contributed by atoms with E-state index in [2.05, 4.69) is 89.6 Å². The molecule has 0 saturated heterocycles. The minimum absolute atomic E-state index is 0.00810. The normalized spacial score (nSPS) is 15.0. The molecule has 1 atom stereocenters. The average molecular weight is 449 g/mol. The fourth-order valence-corrected chi connectivity index (χ4v) is 5.03. The zero-order valence-corrected chi connectivity index (χ0v) is 19.8. The summed E-state index contributed by atoms with van der Waals surface area (Å²) in [7, 11) is 0. The number of hydrogen-bond acceptors (Lipinski definition) is 1. The van der Waals surface area contributed by atoms with Gasteiger partial charge in [-0.2, -0.15) is 0 Å². The fraction of sp³-hybridized carbons (Fsp3) is 0.258. The highest BCUT2D eigenvalue weighted by Crippen LogP contribution is 2.35. The molecule has 1 amide bonds. The van der Waals surface area contributed by atoms with Gasteiger partial charge in [-0.05, 0) is 85.0 Å². The van der Waals surface area contributed by atoms with E-state index in [1.54, 1.807) is 0 Å². The maximum Gasteiger partial charge on any atom is 0.251 e. The van der Waals surface area contributed by atoms with Crippen LogP contribution in [0.2, 0.25) is 0 Å². The lowest BCUT2D eigenvalue weighted by atomic mass is 9.89. The van der Waals surface area contributed by atoms with Crippen LogP contribution in [0.5, 0.6) is 0 Å². The van der Waals surface area contributed by atoms with Crippen molar-refractivity contribution in [3.8, 4) is 16.9 Å². The van der Waals surface area contributed by atoms with Gasteiger partial charge in [0.25, 0.3) is 5.91 Å². The van der Waals surface area contributed by atoms with Crippen molar-refractivity contribution in [2.75, 3.05) is 6.54 Å². The first kappa shape index (κ1) is 22.2. The molecule has 0 spiro atoms. The SMILES string of the molecule is C[C@H]1CCc2c(cc(-c3ccccc3)n2-c2ccc(C(=O)NCCCc3ccccc3)cc2)C1. The van der Waals surface area contributed by atoms with E-state index in [0.29, 0.717) is 12.1 Å². The summed E-state index contributed by atoms with van der Waals surface area (Å²) in [6, 6.07) is 31.5. The Bertz CT molecular complexity index is 1240. The molecule has 1 N–H and O–H groups in total. The number of nitrogens with zero attached hydrogens (tertiary/aromatic N) is 1. The van der Waals surface area contributed by atoms with Crippen molar-refractivity contribution in [1.82, 2.24) is 9.88 Å². The standard InChI is InChI=1S/C31H32N2O/c1-23-14-19-29-27(21-23)22-30(25-12-6-3-7-13-25)33(29)28-17-15-26(16-18-28)31(34)32-20-8-11-24-9-4-2-5-10-24/h2-7,9-10,12-13,15-18,22-23H,8,11,14,19-21H2,1H3,(H,32,34)/t23-/m0/s1. The number of rotatable bonds is 7. The Morgan fingerprint density at radius 3 is 2.38 bits per heavy atom. The van der Waals surface area contributed by atoms with Gasteiger partial charge in [0, 0.05) is 23.5 Å². The second-order valence-electron chi connectivity index (χ2n) is 9.44. The smallest absolute Gasteiger partial charge is 0.251 e. The molecule has 1 aromatic heterocycles. The molecule has 3 nitrogen and oxygen atoms in total. The van der Waals surface area contributed by atoms with Crippen molar-refractivity contribution in [2.45, 2.75) is 39.0 Å². The molecule has 1 heterocycles. The van der Waals surface area contributed by atoms with Crippen molar-refractivity contribution < 1.29 is 4.79 Å². The van der Waals surface area contributed by atoms with Crippen molar-refractivity contribution in [2.24, 2.45) is 5.92 Å². The van der Waals surface area contributed by atoms with Gasteiger partial charge in [-0.15, -0.1) is 0 Å². The Morgan fingerprint density at radius 1 is 0.941 bits per heavy atom. The molecule has 3 heteroatoms. The number of hydrogen-bond donors (Lipinski definition) is 1. The number of amides is 1. The van der Waals surface area contributed by atoms with Crippen LogP contribution in [-0.2, 0) is 19.3 Å². The number of nitrogens with one attached hydrogen (secondary N) is 1. The fourth-order valence-electron chi connectivity index (χ4n) is 5.03. The Balaban J connectivity index is 1.32. The molecule has 3 aromatic carbocycles. The largest absolute Gasteiger partial charge is 0.352 e. The second kappa shape index (κ2) is 10.1. The summed E-state index contributed by atoms with van der Waals surface area (Å²) < 4.78 is 2.40. The molecule has 1 aliphatic carbocycles. The Morgan fingerprint density at radius 2 is 1.65 bits per heavy atom. The van der Waals surface area contributed by atoms with E-state index in [9.17, 15) is 4.79 Å². The van der Waals surface area contributed by atoms with E-state index in [0.717, 1.165) is 37.3 Å². The van der Waals surface area contributed by atoms with Crippen LogP contribution in [0.15, 0.2) is 91.0 Å². The minimum atomic E-state index is -0.00810. The zero-order valence-electron chi connectivity index (χ0n) is 19.8.